The minimum atomic E-state index is -3.94. The molecule has 0 saturated heterocycles. The van der Waals surface area contributed by atoms with Crippen LogP contribution in [0.5, 0.6) is 0 Å². The van der Waals surface area contributed by atoms with Crippen LogP contribution in [0.2, 0.25) is 0 Å². The molecular formula is C12H25NO4S. The van der Waals surface area contributed by atoms with E-state index in [0.717, 1.165) is 0 Å². The molecule has 6 heteroatoms. The summed E-state index contributed by atoms with van der Waals surface area (Å²) in [5, 5.41) is 0. The molecule has 0 aromatic rings. The molecule has 0 aromatic carbocycles. The lowest BCUT2D eigenvalue weighted by Gasteiger charge is -2.30. The van der Waals surface area contributed by atoms with E-state index >= 15 is 0 Å². The van der Waals surface area contributed by atoms with E-state index in [1.165, 1.54) is 0 Å². The van der Waals surface area contributed by atoms with Crippen molar-refractivity contribution in [2.24, 2.45) is 0 Å². The first-order valence-electron chi connectivity index (χ1n) is 5.77. The van der Waals surface area contributed by atoms with Crippen molar-refractivity contribution < 1.29 is 16.8 Å². The zero-order valence-corrected chi connectivity index (χ0v) is 12.2. The number of hydrogen-bond donors (Lipinski definition) is 1. The highest BCUT2D eigenvalue weighted by Gasteiger charge is 2.33. The van der Waals surface area contributed by atoms with Crippen LogP contribution < -0.4 is 6.15 Å². The number of rotatable bonds is 10. The smallest absolute Gasteiger partial charge is 0.344 e. The van der Waals surface area contributed by atoms with Crippen LogP contribution in [0.4, 0.5) is 0 Å². The highest BCUT2D eigenvalue weighted by Crippen LogP contribution is 2.29. The monoisotopic (exact) mass is 279 g/mol. The zero-order chi connectivity index (χ0) is 13.4. The van der Waals surface area contributed by atoms with Gasteiger partial charge in [0.1, 0.15) is 0 Å². The van der Waals surface area contributed by atoms with Crippen LogP contribution in [-0.2, 0) is 18.8 Å². The van der Waals surface area contributed by atoms with Crippen molar-refractivity contribution >= 4 is 10.4 Å². The molecule has 0 saturated carbocycles. The van der Waals surface area contributed by atoms with Crippen molar-refractivity contribution in [3.8, 4) is 0 Å². The highest BCUT2D eigenvalue weighted by atomic mass is 32.3. The molecule has 0 rings (SSSR count). The van der Waals surface area contributed by atoms with E-state index in [4.69, 9.17) is 4.18 Å². The third kappa shape index (κ3) is 6.90. The maximum Gasteiger partial charge on any atom is 0.400 e. The van der Waals surface area contributed by atoms with E-state index in [9.17, 15) is 8.42 Å². The standard InChI is InChI=1S/C12H22O4S.H3N/c1-5-9-11-12(7-3,10-6-2)16-17(13,14)15-8-4;/h5-6H,1-2,7-11H2,3-4H3;1H3. The second kappa shape index (κ2) is 9.27. The van der Waals surface area contributed by atoms with Crippen LogP contribution in [0.25, 0.3) is 0 Å². The van der Waals surface area contributed by atoms with Gasteiger partial charge in [0.25, 0.3) is 0 Å². The number of allylic oxidation sites excluding steroid dienone is 1. The van der Waals surface area contributed by atoms with Crippen LogP contribution in [0.15, 0.2) is 25.3 Å². The van der Waals surface area contributed by atoms with Gasteiger partial charge < -0.3 is 6.15 Å². The summed E-state index contributed by atoms with van der Waals surface area (Å²) in [4.78, 5) is 0. The fourth-order valence-corrected chi connectivity index (χ4v) is 2.61. The molecule has 0 aliphatic heterocycles. The van der Waals surface area contributed by atoms with Gasteiger partial charge in [-0.15, -0.1) is 13.2 Å². The molecule has 0 aliphatic carbocycles. The lowest BCUT2D eigenvalue weighted by atomic mass is 9.91. The summed E-state index contributed by atoms with van der Waals surface area (Å²) in [6.07, 6.45) is 5.69. The van der Waals surface area contributed by atoms with E-state index in [1.807, 2.05) is 6.92 Å². The predicted molar refractivity (Wildman–Crippen MR) is 73.9 cm³/mol. The van der Waals surface area contributed by atoms with Crippen LogP contribution >= 0.6 is 0 Å². The minimum absolute atomic E-state index is 0. The second-order valence-electron chi connectivity index (χ2n) is 3.75. The van der Waals surface area contributed by atoms with Gasteiger partial charge in [-0.3, -0.25) is 0 Å². The normalized spacial score (nSPS) is 14.3. The summed E-state index contributed by atoms with van der Waals surface area (Å²) >= 11 is 0. The Morgan fingerprint density at radius 2 is 1.83 bits per heavy atom. The Morgan fingerprint density at radius 1 is 1.22 bits per heavy atom. The third-order valence-corrected chi connectivity index (χ3v) is 3.59. The first-order valence-corrected chi connectivity index (χ1v) is 7.10. The Bertz CT molecular complexity index is 340. The summed E-state index contributed by atoms with van der Waals surface area (Å²) in [6.45, 7) is 10.8. The maximum absolute atomic E-state index is 11.5. The highest BCUT2D eigenvalue weighted by molar-refractivity contribution is 7.81. The van der Waals surface area contributed by atoms with Crippen molar-refractivity contribution in [3.05, 3.63) is 25.3 Å². The van der Waals surface area contributed by atoms with E-state index in [-0.39, 0.29) is 12.8 Å². The summed E-state index contributed by atoms with van der Waals surface area (Å²) in [7, 11) is -3.94. The summed E-state index contributed by atoms with van der Waals surface area (Å²) < 4.78 is 32.9. The van der Waals surface area contributed by atoms with Crippen molar-refractivity contribution in [3.63, 3.8) is 0 Å². The molecule has 0 amide bonds. The Balaban J connectivity index is 0. The first-order chi connectivity index (χ1) is 7.95. The molecule has 0 heterocycles. The van der Waals surface area contributed by atoms with E-state index in [2.05, 4.69) is 17.3 Å². The molecule has 0 spiro atoms. The van der Waals surface area contributed by atoms with Gasteiger partial charge in [0.2, 0.25) is 0 Å². The van der Waals surface area contributed by atoms with E-state index in [0.29, 0.717) is 25.7 Å². The van der Waals surface area contributed by atoms with Gasteiger partial charge >= 0.3 is 10.4 Å². The van der Waals surface area contributed by atoms with E-state index in [1.54, 1.807) is 19.1 Å². The van der Waals surface area contributed by atoms with Gasteiger partial charge in [-0.2, -0.15) is 8.42 Å². The SMILES string of the molecule is C=CCCC(CC)(CC=C)OS(=O)(=O)OCC.N. The number of hydrogen-bond acceptors (Lipinski definition) is 5. The van der Waals surface area contributed by atoms with Crippen LogP contribution in [0.3, 0.4) is 0 Å². The second-order valence-corrected chi connectivity index (χ2v) is 4.97. The topological polar surface area (TPSA) is 87.6 Å². The molecule has 0 aliphatic rings. The molecule has 5 nitrogen and oxygen atoms in total. The third-order valence-electron chi connectivity index (χ3n) is 2.51. The first kappa shape index (κ1) is 19.6. The molecule has 0 aromatic heterocycles. The quantitative estimate of drug-likeness (QED) is 0.621. The Morgan fingerprint density at radius 3 is 2.22 bits per heavy atom. The van der Waals surface area contributed by atoms with Crippen LogP contribution in [0.1, 0.15) is 39.5 Å². The van der Waals surface area contributed by atoms with Gasteiger partial charge in [0, 0.05) is 0 Å². The largest absolute Gasteiger partial charge is 0.400 e. The molecule has 18 heavy (non-hydrogen) atoms. The van der Waals surface area contributed by atoms with Crippen molar-refractivity contribution in [1.82, 2.24) is 6.15 Å². The van der Waals surface area contributed by atoms with Crippen molar-refractivity contribution in [1.29, 1.82) is 0 Å². The molecule has 0 bridgehead atoms. The zero-order valence-electron chi connectivity index (χ0n) is 11.4. The van der Waals surface area contributed by atoms with Gasteiger partial charge in [-0.25, -0.2) is 8.37 Å². The van der Waals surface area contributed by atoms with Crippen molar-refractivity contribution in [2.75, 3.05) is 6.61 Å². The van der Waals surface area contributed by atoms with E-state index < -0.39 is 16.0 Å². The van der Waals surface area contributed by atoms with Crippen LogP contribution in [-0.4, -0.2) is 20.6 Å². The van der Waals surface area contributed by atoms with Gasteiger partial charge in [-0.1, -0.05) is 19.1 Å². The summed E-state index contributed by atoms with van der Waals surface area (Å²) in [5.41, 5.74) is -0.774. The molecule has 108 valence electrons. The Hall–Kier alpha value is -0.690. The molecule has 1 atom stereocenters. The fraction of sp³-hybridized carbons (Fsp3) is 0.667. The minimum Gasteiger partial charge on any atom is -0.344 e. The lowest BCUT2D eigenvalue weighted by Crippen LogP contribution is -2.34. The molecule has 0 radical (unpaired) electrons. The molecule has 1 unspecified atom stereocenters. The maximum atomic E-state index is 11.5. The van der Waals surface area contributed by atoms with Gasteiger partial charge in [-0.05, 0) is 32.6 Å². The molecular weight excluding hydrogens is 254 g/mol. The summed E-state index contributed by atoms with van der Waals surface area (Å²) in [6, 6.07) is 0. The Kier molecular flexibility index (Phi) is 10.1. The predicted octanol–water partition coefficient (Wildman–Crippen LogP) is 3.14. The fourth-order valence-electron chi connectivity index (χ4n) is 1.57. The van der Waals surface area contributed by atoms with Crippen LogP contribution in [0, 0.1) is 0 Å². The lowest BCUT2D eigenvalue weighted by molar-refractivity contribution is 0.0456. The molecule has 3 N–H and O–H groups in total. The van der Waals surface area contributed by atoms with Crippen molar-refractivity contribution in [2.45, 2.75) is 45.1 Å². The molecule has 0 fully saturated rings. The summed E-state index contributed by atoms with van der Waals surface area (Å²) in [5.74, 6) is 0. The average Bonchev–Trinajstić information content (AvgIpc) is 2.25. The van der Waals surface area contributed by atoms with Gasteiger partial charge in [0.15, 0.2) is 0 Å². The average molecular weight is 279 g/mol. The van der Waals surface area contributed by atoms with Gasteiger partial charge in [0.05, 0.1) is 12.2 Å². The Labute approximate surface area is 111 Å².